The number of phenolic OH excluding ortho intramolecular Hbond substituents is 1. The van der Waals surface area contributed by atoms with Crippen LogP contribution in [0.3, 0.4) is 0 Å². The molecule has 1 aromatic rings. The fourth-order valence-electron chi connectivity index (χ4n) is 1.25. The Labute approximate surface area is 73.0 Å². The molecule has 0 heterocycles. The topological polar surface area (TPSA) is 46.2 Å². The maximum Gasteiger partial charge on any atom is 0.121 e. The molecule has 2 nitrogen and oxygen atoms in total. The molecule has 0 spiro atoms. The zero-order valence-electron chi connectivity index (χ0n) is 7.76. The van der Waals surface area contributed by atoms with Crippen molar-refractivity contribution in [2.45, 2.75) is 26.8 Å². The standard InChI is InChI=1S/C10H15NO/c1-6-4-9(8(3)11)5-7(2)10(6)12/h4-5,8,12H,11H2,1-3H3/t8-/m0/s1. The third-order valence-corrected chi connectivity index (χ3v) is 2.04. The van der Waals surface area contributed by atoms with E-state index < -0.39 is 0 Å². The highest BCUT2D eigenvalue weighted by atomic mass is 16.3. The Morgan fingerprint density at radius 2 is 1.67 bits per heavy atom. The van der Waals surface area contributed by atoms with Gasteiger partial charge in [-0.25, -0.2) is 0 Å². The van der Waals surface area contributed by atoms with E-state index in [-0.39, 0.29) is 6.04 Å². The SMILES string of the molecule is Cc1cc([C@H](C)N)cc(C)c1O. The molecule has 0 aromatic heterocycles. The predicted octanol–water partition coefficient (Wildman–Crippen LogP) is 2.03. The van der Waals surface area contributed by atoms with E-state index in [1.165, 1.54) is 0 Å². The molecule has 1 aromatic carbocycles. The minimum atomic E-state index is 0.0306. The highest BCUT2D eigenvalue weighted by Crippen LogP contribution is 2.24. The molecule has 0 aliphatic heterocycles. The van der Waals surface area contributed by atoms with Crippen LogP contribution in [0, 0.1) is 13.8 Å². The van der Waals surface area contributed by atoms with Crippen molar-refractivity contribution < 1.29 is 5.11 Å². The molecule has 2 heteroatoms. The van der Waals surface area contributed by atoms with Gasteiger partial charge >= 0.3 is 0 Å². The van der Waals surface area contributed by atoms with E-state index in [1.807, 2.05) is 32.9 Å². The largest absolute Gasteiger partial charge is 0.507 e. The lowest BCUT2D eigenvalue weighted by atomic mass is 10.0. The Bertz CT molecular complexity index is 269. The quantitative estimate of drug-likeness (QED) is 0.668. The van der Waals surface area contributed by atoms with Gasteiger partial charge in [-0.2, -0.15) is 0 Å². The summed E-state index contributed by atoms with van der Waals surface area (Å²) in [5.41, 5.74) is 8.57. The minimum Gasteiger partial charge on any atom is -0.507 e. The number of aryl methyl sites for hydroxylation is 2. The van der Waals surface area contributed by atoms with E-state index >= 15 is 0 Å². The molecule has 1 atom stereocenters. The van der Waals surface area contributed by atoms with Crippen LogP contribution in [0.4, 0.5) is 0 Å². The van der Waals surface area contributed by atoms with E-state index in [0.29, 0.717) is 5.75 Å². The summed E-state index contributed by atoms with van der Waals surface area (Å²) in [5, 5.41) is 9.47. The van der Waals surface area contributed by atoms with Crippen molar-refractivity contribution in [1.29, 1.82) is 0 Å². The number of benzene rings is 1. The number of rotatable bonds is 1. The molecule has 0 radical (unpaired) electrons. The third-order valence-electron chi connectivity index (χ3n) is 2.04. The van der Waals surface area contributed by atoms with Crippen molar-refractivity contribution in [3.05, 3.63) is 28.8 Å². The first-order valence-electron chi connectivity index (χ1n) is 4.08. The van der Waals surface area contributed by atoms with Crippen LogP contribution in [0.1, 0.15) is 29.7 Å². The summed E-state index contributed by atoms with van der Waals surface area (Å²) in [6.07, 6.45) is 0. The van der Waals surface area contributed by atoms with Crippen molar-refractivity contribution in [3.8, 4) is 5.75 Å². The van der Waals surface area contributed by atoms with Crippen molar-refractivity contribution >= 4 is 0 Å². The molecule has 3 N–H and O–H groups in total. The summed E-state index contributed by atoms with van der Waals surface area (Å²) < 4.78 is 0. The Balaban J connectivity index is 3.21. The summed E-state index contributed by atoms with van der Waals surface area (Å²) in [4.78, 5) is 0. The van der Waals surface area contributed by atoms with Crippen LogP contribution in [0.2, 0.25) is 0 Å². The van der Waals surface area contributed by atoms with Crippen LogP contribution >= 0.6 is 0 Å². The molecule has 0 saturated carbocycles. The Hall–Kier alpha value is -1.02. The molecule has 1 rings (SSSR count). The maximum atomic E-state index is 9.47. The summed E-state index contributed by atoms with van der Waals surface area (Å²) in [7, 11) is 0. The van der Waals surface area contributed by atoms with Crippen LogP contribution in [-0.4, -0.2) is 5.11 Å². The Kier molecular flexibility index (Phi) is 2.38. The van der Waals surface area contributed by atoms with Gasteiger partial charge in [-0.05, 0) is 37.5 Å². The average molecular weight is 165 g/mol. The molecule has 0 amide bonds. The van der Waals surface area contributed by atoms with Gasteiger partial charge in [-0.15, -0.1) is 0 Å². The van der Waals surface area contributed by atoms with Crippen molar-refractivity contribution in [2.75, 3.05) is 0 Å². The van der Waals surface area contributed by atoms with Gasteiger partial charge < -0.3 is 10.8 Å². The molecule has 0 aliphatic carbocycles. The number of aromatic hydroxyl groups is 1. The first kappa shape index (κ1) is 9.07. The zero-order chi connectivity index (χ0) is 9.30. The lowest BCUT2D eigenvalue weighted by Crippen LogP contribution is -2.05. The Morgan fingerprint density at radius 3 is 2.00 bits per heavy atom. The van der Waals surface area contributed by atoms with Crippen molar-refractivity contribution in [3.63, 3.8) is 0 Å². The summed E-state index contributed by atoms with van der Waals surface area (Å²) >= 11 is 0. The maximum absolute atomic E-state index is 9.47. The normalized spacial score (nSPS) is 13.0. The fraction of sp³-hybridized carbons (Fsp3) is 0.400. The number of nitrogens with two attached hydrogens (primary N) is 1. The second-order valence-corrected chi connectivity index (χ2v) is 3.29. The lowest BCUT2D eigenvalue weighted by Gasteiger charge is -2.10. The van der Waals surface area contributed by atoms with E-state index in [1.54, 1.807) is 0 Å². The van der Waals surface area contributed by atoms with Gasteiger partial charge in [0.15, 0.2) is 0 Å². The lowest BCUT2D eigenvalue weighted by molar-refractivity contribution is 0.466. The van der Waals surface area contributed by atoms with Gasteiger partial charge in [0.2, 0.25) is 0 Å². The van der Waals surface area contributed by atoms with E-state index in [9.17, 15) is 5.11 Å². The molecular weight excluding hydrogens is 150 g/mol. The van der Waals surface area contributed by atoms with Gasteiger partial charge in [0.05, 0.1) is 0 Å². The molecular formula is C10H15NO. The van der Waals surface area contributed by atoms with Gasteiger partial charge in [-0.1, -0.05) is 12.1 Å². The van der Waals surface area contributed by atoms with E-state index in [4.69, 9.17) is 5.73 Å². The Morgan fingerprint density at radius 1 is 1.25 bits per heavy atom. The monoisotopic (exact) mass is 165 g/mol. The highest BCUT2D eigenvalue weighted by molar-refractivity contribution is 5.42. The second-order valence-electron chi connectivity index (χ2n) is 3.29. The third kappa shape index (κ3) is 1.59. The average Bonchev–Trinajstić information content (AvgIpc) is 1.99. The molecule has 0 saturated heterocycles. The summed E-state index contributed by atoms with van der Waals surface area (Å²) in [6.45, 7) is 5.70. The second kappa shape index (κ2) is 3.15. The molecule has 0 aliphatic rings. The van der Waals surface area contributed by atoms with Crippen LogP contribution < -0.4 is 5.73 Å². The molecule has 0 bridgehead atoms. The minimum absolute atomic E-state index is 0.0306. The number of hydrogen-bond acceptors (Lipinski definition) is 2. The molecule has 0 fully saturated rings. The number of phenols is 1. The summed E-state index contributed by atoms with van der Waals surface area (Å²) in [6, 6.07) is 3.88. The van der Waals surface area contributed by atoms with Crippen molar-refractivity contribution in [1.82, 2.24) is 0 Å². The smallest absolute Gasteiger partial charge is 0.121 e. The first-order valence-corrected chi connectivity index (χ1v) is 4.08. The van der Waals surface area contributed by atoms with Gasteiger partial charge in [-0.3, -0.25) is 0 Å². The molecule has 12 heavy (non-hydrogen) atoms. The van der Waals surface area contributed by atoms with Gasteiger partial charge in [0.1, 0.15) is 5.75 Å². The van der Waals surface area contributed by atoms with E-state index in [0.717, 1.165) is 16.7 Å². The fourth-order valence-corrected chi connectivity index (χ4v) is 1.25. The first-order chi connectivity index (χ1) is 5.52. The summed E-state index contributed by atoms with van der Waals surface area (Å²) in [5.74, 6) is 0.374. The molecule has 0 unspecified atom stereocenters. The predicted molar refractivity (Wildman–Crippen MR) is 50.2 cm³/mol. The van der Waals surface area contributed by atoms with E-state index in [2.05, 4.69) is 0 Å². The van der Waals surface area contributed by atoms with Crippen LogP contribution in [-0.2, 0) is 0 Å². The van der Waals surface area contributed by atoms with Crippen LogP contribution in [0.5, 0.6) is 5.75 Å². The molecule has 66 valence electrons. The van der Waals surface area contributed by atoms with Crippen LogP contribution in [0.25, 0.3) is 0 Å². The van der Waals surface area contributed by atoms with Crippen LogP contribution in [0.15, 0.2) is 12.1 Å². The van der Waals surface area contributed by atoms with Crippen molar-refractivity contribution in [2.24, 2.45) is 5.73 Å². The zero-order valence-corrected chi connectivity index (χ0v) is 7.76. The highest BCUT2D eigenvalue weighted by Gasteiger charge is 2.05. The van der Waals surface area contributed by atoms with Gasteiger partial charge in [0, 0.05) is 6.04 Å². The van der Waals surface area contributed by atoms with Gasteiger partial charge in [0.25, 0.3) is 0 Å². The number of hydrogen-bond donors (Lipinski definition) is 2.